The van der Waals surface area contributed by atoms with Gasteiger partial charge in [-0.25, -0.2) is 13.7 Å². The molecule has 0 aliphatic heterocycles. The number of sulfone groups is 1. The number of alkyl halides is 1. The van der Waals surface area contributed by atoms with E-state index >= 15 is 0 Å². The zero-order valence-corrected chi connectivity index (χ0v) is 9.03. The van der Waals surface area contributed by atoms with Crippen molar-refractivity contribution in [3.8, 4) is 0 Å². The van der Waals surface area contributed by atoms with E-state index in [2.05, 4.69) is 5.32 Å². The van der Waals surface area contributed by atoms with Gasteiger partial charge in [-0.15, -0.1) is 11.6 Å². The highest BCUT2D eigenvalue weighted by Crippen LogP contribution is 2.01. The Bertz CT molecular complexity index is 203. The summed E-state index contributed by atoms with van der Waals surface area (Å²) in [5.74, 6) is 0.216. The molecule has 0 saturated carbocycles. The average Bonchev–Trinajstić information content (AvgIpc) is 2.00. The van der Waals surface area contributed by atoms with Gasteiger partial charge in [-0.1, -0.05) is 6.92 Å². The molecular weight excluding hydrogens is 198 g/mol. The summed E-state index contributed by atoms with van der Waals surface area (Å²) < 4.78 is 22.6. The van der Waals surface area contributed by atoms with Crippen molar-refractivity contribution in [3.05, 3.63) is 0 Å². The third kappa shape index (κ3) is 4.28. The molecule has 0 fully saturated rings. The van der Waals surface area contributed by atoms with Gasteiger partial charge in [-0.05, 0) is 6.92 Å². The third-order valence-electron chi connectivity index (χ3n) is 1.58. The van der Waals surface area contributed by atoms with Gasteiger partial charge in [0, 0.05) is 19.0 Å². The van der Waals surface area contributed by atoms with Gasteiger partial charge in [0.05, 0.1) is 11.0 Å². The SMILES string of the molecule is CC[N]CC(C)S(=O)(=O)CCCl. The highest BCUT2D eigenvalue weighted by Gasteiger charge is 2.19. The molecule has 0 aromatic heterocycles. The Morgan fingerprint density at radius 2 is 2.08 bits per heavy atom. The van der Waals surface area contributed by atoms with Crippen LogP contribution in [0.25, 0.3) is 0 Å². The van der Waals surface area contributed by atoms with Gasteiger partial charge in [-0.3, -0.25) is 0 Å². The second-order valence-electron chi connectivity index (χ2n) is 2.59. The summed E-state index contributed by atoms with van der Waals surface area (Å²) in [7, 11) is -3.01. The van der Waals surface area contributed by atoms with E-state index < -0.39 is 15.1 Å². The summed E-state index contributed by atoms with van der Waals surface area (Å²) in [6.45, 7) is 4.61. The Kier molecular flexibility index (Phi) is 5.88. The van der Waals surface area contributed by atoms with Crippen LogP contribution in [0.2, 0.25) is 0 Å². The lowest BCUT2D eigenvalue weighted by molar-refractivity contribution is 0.574. The molecule has 0 aromatic rings. The number of rotatable bonds is 6. The molecule has 0 N–H and O–H groups in total. The fourth-order valence-electron chi connectivity index (χ4n) is 0.733. The lowest BCUT2D eigenvalue weighted by Crippen LogP contribution is -2.29. The first-order valence-electron chi connectivity index (χ1n) is 3.95. The molecule has 0 rings (SSSR count). The molecule has 0 saturated heterocycles. The molecule has 0 bridgehead atoms. The van der Waals surface area contributed by atoms with Crippen molar-refractivity contribution >= 4 is 21.4 Å². The number of hydrogen-bond acceptors (Lipinski definition) is 2. The summed E-state index contributed by atoms with van der Waals surface area (Å²) >= 11 is 5.35. The minimum absolute atomic E-state index is 0.0506. The minimum atomic E-state index is -3.01. The van der Waals surface area contributed by atoms with Gasteiger partial charge in [0.15, 0.2) is 9.84 Å². The third-order valence-corrected chi connectivity index (χ3v) is 4.15. The Morgan fingerprint density at radius 3 is 2.50 bits per heavy atom. The predicted molar refractivity (Wildman–Crippen MR) is 51.5 cm³/mol. The Morgan fingerprint density at radius 1 is 1.50 bits per heavy atom. The molecule has 73 valence electrons. The molecule has 3 nitrogen and oxygen atoms in total. The topological polar surface area (TPSA) is 48.2 Å². The van der Waals surface area contributed by atoms with Crippen molar-refractivity contribution in [2.24, 2.45) is 0 Å². The molecule has 0 aliphatic carbocycles. The molecule has 1 unspecified atom stereocenters. The summed E-state index contributed by atoms with van der Waals surface area (Å²) in [6, 6.07) is 0. The number of halogens is 1. The van der Waals surface area contributed by atoms with Crippen molar-refractivity contribution < 1.29 is 8.42 Å². The van der Waals surface area contributed by atoms with E-state index in [1.807, 2.05) is 6.92 Å². The molecule has 1 atom stereocenters. The van der Waals surface area contributed by atoms with Crippen molar-refractivity contribution in [2.45, 2.75) is 19.1 Å². The van der Waals surface area contributed by atoms with Crippen molar-refractivity contribution in [3.63, 3.8) is 0 Å². The Hall–Kier alpha value is 0.200. The molecule has 5 heteroatoms. The lowest BCUT2D eigenvalue weighted by Gasteiger charge is -2.10. The van der Waals surface area contributed by atoms with E-state index in [4.69, 9.17) is 11.6 Å². The van der Waals surface area contributed by atoms with Crippen molar-refractivity contribution in [1.29, 1.82) is 0 Å². The van der Waals surface area contributed by atoms with Crippen LogP contribution in [-0.2, 0) is 9.84 Å². The first-order chi connectivity index (χ1) is 5.54. The predicted octanol–water partition coefficient (Wildman–Crippen LogP) is 0.653. The largest absolute Gasteiger partial charge is 0.241 e. The molecule has 1 radical (unpaired) electrons. The fraction of sp³-hybridized carbons (Fsp3) is 1.00. The van der Waals surface area contributed by atoms with Crippen LogP contribution in [-0.4, -0.2) is 38.4 Å². The van der Waals surface area contributed by atoms with Crippen LogP contribution in [0.15, 0.2) is 0 Å². The van der Waals surface area contributed by atoms with Crippen LogP contribution in [0.1, 0.15) is 13.8 Å². The van der Waals surface area contributed by atoms with Gasteiger partial charge in [0.2, 0.25) is 0 Å². The molecular formula is C7H15ClNO2S. The van der Waals surface area contributed by atoms with E-state index in [-0.39, 0.29) is 11.6 Å². The smallest absolute Gasteiger partial charge is 0.155 e. The zero-order valence-electron chi connectivity index (χ0n) is 7.46. The highest BCUT2D eigenvalue weighted by molar-refractivity contribution is 7.92. The zero-order chi connectivity index (χ0) is 9.61. The van der Waals surface area contributed by atoms with Crippen LogP contribution in [0, 0.1) is 0 Å². The van der Waals surface area contributed by atoms with E-state index in [9.17, 15) is 8.42 Å². The summed E-state index contributed by atoms with van der Waals surface area (Å²) in [6.07, 6.45) is 0. The van der Waals surface area contributed by atoms with E-state index in [1.54, 1.807) is 6.92 Å². The first-order valence-corrected chi connectivity index (χ1v) is 6.20. The van der Waals surface area contributed by atoms with Gasteiger partial charge >= 0.3 is 0 Å². The summed E-state index contributed by atoms with van der Waals surface area (Å²) in [5, 5.41) is 3.61. The quantitative estimate of drug-likeness (QED) is 0.608. The lowest BCUT2D eigenvalue weighted by atomic mass is 10.5. The van der Waals surface area contributed by atoms with Gasteiger partial charge in [-0.2, -0.15) is 0 Å². The highest BCUT2D eigenvalue weighted by atomic mass is 35.5. The average molecular weight is 213 g/mol. The number of hydrogen-bond donors (Lipinski definition) is 0. The normalized spacial score (nSPS) is 14.6. The first kappa shape index (κ1) is 12.2. The molecule has 0 spiro atoms. The van der Waals surface area contributed by atoms with Crippen LogP contribution in [0.3, 0.4) is 0 Å². The molecule has 0 aliphatic rings. The molecule has 0 heterocycles. The monoisotopic (exact) mass is 212 g/mol. The number of nitrogens with zero attached hydrogens (tertiary/aromatic N) is 1. The molecule has 0 aromatic carbocycles. The Labute approximate surface area is 79.4 Å². The van der Waals surface area contributed by atoms with Crippen LogP contribution in [0.4, 0.5) is 0 Å². The molecule has 12 heavy (non-hydrogen) atoms. The maximum atomic E-state index is 11.3. The van der Waals surface area contributed by atoms with E-state index in [0.29, 0.717) is 13.1 Å². The summed E-state index contributed by atoms with van der Waals surface area (Å²) in [4.78, 5) is 0. The van der Waals surface area contributed by atoms with Crippen molar-refractivity contribution in [1.82, 2.24) is 5.32 Å². The second kappa shape index (κ2) is 5.78. The summed E-state index contributed by atoms with van der Waals surface area (Å²) in [5.41, 5.74) is 0. The Balaban J connectivity index is 3.98. The van der Waals surface area contributed by atoms with Gasteiger partial charge in [0.1, 0.15) is 0 Å². The van der Waals surface area contributed by atoms with Crippen LogP contribution in [0.5, 0.6) is 0 Å². The maximum Gasteiger partial charge on any atom is 0.155 e. The molecule has 0 amide bonds. The van der Waals surface area contributed by atoms with E-state index in [1.165, 1.54) is 0 Å². The van der Waals surface area contributed by atoms with Gasteiger partial charge < -0.3 is 0 Å². The van der Waals surface area contributed by atoms with Crippen molar-refractivity contribution in [2.75, 3.05) is 24.7 Å². The minimum Gasteiger partial charge on any atom is -0.241 e. The standard InChI is InChI=1S/C7H15ClNO2S/c1-3-9-6-7(2)12(10,11)5-4-8/h7H,3-6H2,1-2H3. The van der Waals surface area contributed by atoms with Crippen LogP contribution < -0.4 is 5.32 Å². The van der Waals surface area contributed by atoms with Crippen LogP contribution >= 0.6 is 11.6 Å². The maximum absolute atomic E-state index is 11.3. The van der Waals surface area contributed by atoms with Gasteiger partial charge in [0.25, 0.3) is 0 Å². The fourth-order valence-corrected chi connectivity index (χ4v) is 2.33. The second-order valence-corrected chi connectivity index (χ2v) is 5.51. The van der Waals surface area contributed by atoms with E-state index in [0.717, 1.165) is 0 Å².